The number of urea groups is 1. The van der Waals surface area contributed by atoms with Crippen LogP contribution < -0.4 is 10.6 Å². The average Bonchev–Trinajstić information content (AvgIpc) is 3.37. The summed E-state index contributed by atoms with van der Waals surface area (Å²) >= 11 is 0. The molecule has 2 aliphatic heterocycles. The molecule has 1 fully saturated rings. The first kappa shape index (κ1) is 29.1. The van der Waals surface area contributed by atoms with Crippen LogP contribution in [0.4, 0.5) is 10.6 Å². The summed E-state index contributed by atoms with van der Waals surface area (Å²) in [5, 5.41) is 15.9. The maximum Gasteiger partial charge on any atom is 0.326 e. The van der Waals surface area contributed by atoms with E-state index in [9.17, 15) is 14.7 Å². The Morgan fingerprint density at radius 2 is 2.14 bits per heavy atom. The minimum Gasteiger partial charge on any atom is -0.480 e. The zero-order valence-electron chi connectivity index (χ0n) is 22.5. The number of nitrogens with zero attached hydrogens (tertiary/aromatic N) is 3. The number of hydrogen-bond donors (Lipinski definition) is 3. The Labute approximate surface area is 221 Å². The Bertz CT molecular complexity index is 854. The summed E-state index contributed by atoms with van der Waals surface area (Å²) < 4.78 is 10.8. The molecular weight excluding hydrogens is 474 g/mol. The number of likely N-dealkylation sites (tertiary alicyclic amines) is 1. The monoisotopic (exact) mass is 519 g/mol. The Kier molecular flexibility index (Phi) is 12.4. The number of aromatic nitrogens is 1. The first-order chi connectivity index (χ1) is 18.0. The maximum absolute atomic E-state index is 12.8. The highest BCUT2D eigenvalue weighted by molar-refractivity contribution is 5.82. The summed E-state index contributed by atoms with van der Waals surface area (Å²) in [6, 6.07) is 3.08. The van der Waals surface area contributed by atoms with Crippen molar-refractivity contribution >= 4 is 17.8 Å². The molecule has 1 aromatic rings. The third-order valence-corrected chi connectivity index (χ3v) is 7.19. The third-order valence-electron chi connectivity index (χ3n) is 7.19. The van der Waals surface area contributed by atoms with Crippen LogP contribution in [-0.4, -0.2) is 104 Å². The van der Waals surface area contributed by atoms with Crippen LogP contribution >= 0.6 is 0 Å². The van der Waals surface area contributed by atoms with Crippen molar-refractivity contribution < 1.29 is 24.2 Å². The predicted molar refractivity (Wildman–Crippen MR) is 143 cm³/mol. The highest BCUT2D eigenvalue weighted by Crippen LogP contribution is 2.20. The van der Waals surface area contributed by atoms with Gasteiger partial charge in [0, 0.05) is 45.6 Å². The van der Waals surface area contributed by atoms with Gasteiger partial charge in [-0.25, -0.2) is 14.6 Å². The number of pyridine rings is 1. The minimum absolute atomic E-state index is 0.00234. The average molecular weight is 520 g/mol. The van der Waals surface area contributed by atoms with E-state index < -0.39 is 12.0 Å². The molecule has 2 atom stereocenters. The normalized spacial score (nSPS) is 17.9. The molecule has 2 aliphatic rings. The van der Waals surface area contributed by atoms with Gasteiger partial charge in [0.25, 0.3) is 0 Å². The number of methoxy groups -OCH3 is 1. The van der Waals surface area contributed by atoms with Gasteiger partial charge < -0.3 is 35.0 Å². The molecule has 2 unspecified atom stereocenters. The van der Waals surface area contributed by atoms with Gasteiger partial charge in [-0.15, -0.1) is 0 Å². The van der Waals surface area contributed by atoms with Crippen LogP contribution in [0.1, 0.15) is 56.7 Å². The number of aliphatic carboxylic acids is 1. The highest BCUT2D eigenvalue weighted by atomic mass is 16.5. The van der Waals surface area contributed by atoms with E-state index in [1.165, 1.54) is 5.56 Å². The Hall–Kier alpha value is -2.43. The van der Waals surface area contributed by atoms with E-state index in [1.54, 1.807) is 12.0 Å². The van der Waals surface area contributed by atoms with Crippen LogP contribution in [0.15, 0.2) is 12.1 Å². The minimum atomic E-state index is -1.01. The fourth-order valence-corrected chi connectivity index (χ4v) is 5.09. The highest BCUT2D eigenvalue weighted by Gasteiger charge is 2.31. The van der Waals surface area contributed by atoms with Crippen molar-refractivity contribution in [3.8, 4) is 0 Å². The van der Waals surface area contributed by atoms with E-state index in [1.807, 2.05) is 6.92 Å². The fourth-order valence-electron chi connectivity index (χ4n) is 5.09. The SMILES string of the molecule is CCOCCN(CCCCc1ccc2c(n1)NCCC2)CCC(NC(=O)N1CCCC1COC)C(=O)O. The molecule has 1 saturated heterocycles. The van der Waals surface area contributed by atoms with Gasteiger partial charge in [-0.2, -0.15) is 0 Å². The number of aryl methyl sites for hydroxylation is 2. The number of rotatable bonds is 16. The predicted octanol–water partition coefficient (Wildman–Crippen LogP) is 2.76. The standard InChI is InChI=1S/C27H45N5O5/c1-3-37-19-18-31(15-5-4-9-22-12-11-21-8-6-14-28-25(21)29-22)17-13-24(26(33)34)30-27(35)32-16-7-10-23(32)20-36-2/h11-12,23-24H,3-10,13-20H2,1-2H3,(H,28,29)(H,30,35)(H,33,34). The first-order valence-corrected chi connectivity index (χ1v) is 13.8. The van der Waals surface area contributed by atoms with Crippen molar-refractivity contribution in [1.29, 1.82) is 0 Å². The molecule has 0 radical (unpaired) electrons. The van der Waals surface area contributed by atoms with Gasteiger partial charge in [-0.05, 0) is 76.5 Å². The molecule has 208 valence electrons. The zero-order valence-corrected chi connectivity index (χ0v) is 22.5. The van der Waals surface area contributed by atoms with Crippen molar-refractivity contribution in [2.45, 2.75) is 70.4 Å². The van der Waals surface area contributed by atoms with Crippen LogP contribution in [0, 0.1) is 0 Å². The molecule has 2 amide bonds. The molecule has 0 saturated carbocycles. The van der Waals surface area contributed by atoms with Crippen LogP contribution in [0.25, 0.3) is 0 Å². The van der Waals surface area contributed by atoms with Gasteiger partial charge in [-0.1, -0.05) is 6.07 Å². The summed E-state index contributed by atoms with van der Waals surface area (Å²) in [4.78, 5) is 33.5. The number of nitrogens with one attached hydrogen (secondary N) is 2. The van der Waals surface area contributed by atoms with E-state index in [4.69, 9.17) is 14.5 Å². The van der Waals surface area contributed by atoms with E-state index in [-0.39, 0.29) is 12.1 Å². The number of carbonyl (C=O) groups excluding carboxylic acids is 1. The number of carbonyl (C=O) groups is 2. The second-order valence-electron chi connectivity index (χ2n) is 9.91. The molecular formula is C27H45N5O5. The molecule has 0 spiro atoms. The number of amides is 2. The fraction of sp³-hybridized carbons (Fsp3) is 0.741. The van der Waals surface area contributed by atoms with E-state index in [0.717, 1.165) is 76.1 Å². The number of fused-ring (bicyclic) bond motifs is 1. The van der Waals surface area contributed by atoms with Crippen LogP contribution in [0.3, 0.4) is 0 Å². The molecule has 37 heavy (non-hydrogen) atoms. The second-order valence-corrected chi connectivity index (χ2v) is 9.91. The zero-order chi connectivity index (χ0) is 26.5. The van der Waals surface area contributed by atoms with E-state index >= 15 is 0 Å². The van der Waals surface area contributed by atoms with Crippen molar-refractivity contribution in [2.24, 2.45) is 0 Å². The third kappa shape index (κ3) is 9.43. The van der Waals surface area contributed by atoms with Crippen molar-refractivity contribution in [3.05, 3.63) is 23.4 Å². The Morgan fingerprint density at radius 3 is 2.92 bits per heavy atom. The topological polar surface area (TPSA) is 116 Å². The number of anilines is 1. The van der Waals surface area contributed by atoms with Gasteiger partial charge in [0.1, 0.15) is 11.9 Å². The second kappa shape index (κ2) is 15.7. The van der Waals surface area contributed by atoms with Crippen LogP contribution in [0.5, 0.6) is 0 Å². The Balaban J connectivity index is 1.46. The lowest BCUT2D eigenvalue weighted by atomic mass is 10.1. The number of ether oxygens (including phenoxy) is 2. The van der Waals surface area contributed by atoms with E-state index in [2.05, 4.69) is 27.7 Å². The van der Waals surface area contributed by atoms with Crippen molar-refractivity contribution in [1.82, 2.24) is 20.1 Å². The first-order valence-electron chi connectivity index (χ1n) is 13.8. The molecule has 3 N–H and O–H groups in total. The lowest BCUT2D eigenvalue weighted by Crippen LogP contribution is -2.51. The maximum atomic E-state index is 12.8. The molecule has 3 rings (SSSR count). The molecule has 0 bridgehead atoms. The smallest absolute Gasteiger partial charge is 0.326 e. The summed E-state index contributed by atoms with van der Waals surface area (Å²) in [6.07, 6.45) is 7.28. The lowest BCUT2D eigenvalue weighted by molar-refractivity contribution is -0.139. The van der Waals surface area contributed by atoms with E-state index in [0.29, 0.717) is 39.3 Å². The number of carboxylic acids is 1. The quantitative estimate of drug-likeness (QED) is 0.286. The Morgan fingerprint density at radius 1 is 1.27 bits per heavy atom. The molecule has 3 heterocycles. The molecule has 10 nitrogen and oxygen atoms in total. The molecule has 0 aliphatic carbocycles. The molecule has 1 aromatic heterocycles. The number of hydrogen-bond acceptors (Lipinski definition) is 7. The van der Waals surface area contributed by atoms with Crippen LogP contribution in [0.2, 0.25) is 0 Å². The molecule has 10 heteroatoms. The number of carboxylic acid groups (broad SMARTS) is 1. The summed E-state index contributed by atoms with van der Waals surface area (Å²) in [7, 11) is 1.62. The summed E-state index contributed by atoms with van der Waals surface area (Å²) in [5.74, 6) is 0.0269. The van der Waals surface area contributed by atoms with Crippen LogP contribution in [-0.2, 0) is 27.1 Å². The van der Waals surface area contributed by atoms with Crippen molar-refractivity contribution in [2.75, 3.05) is 65.0 Å². The molecule has 0 aromatic carbocycles. The van der Waals surface area contributed by atoms with Gasteiger partial charge in [0.05, 0.1) is 19.3 Å². The van der Waals surface area contributed by atoms with Gasteiger partial charge in [-0.3, -0.25) is 0 Å². The summed E-state index contributed by atoms with van der Waals surface area (Å²) in [5.41, 5.74) is 2.41. The van der Waals surface area contributed by atoms with Gasteiger partial charge >= 0.3 is 12.0 Å². The number of unbranched alkanes of at least 4 members (excludes halogenated alkanes) is 1. The largest absolute Gasteiger partial charge is 0.480 e. The van der Waals surface area contributed by atoms with Gasteiger partial charge in [0.15, 0.2) is 0 Å². The lowest BCUT2D eigenvalue weighted by Gasteiger charge is -2.28. The summed E-state index contributed by atoms with van der Waals surface area (Å²) in [6.45, 7) is 7.46. The van der Waals surface area contributed by atoms with Crippen molar-refractivity contribution in [3.63, 3.8) is 0 Å². The van der Waals surface area contributed by atoms with Gasteiger partial charge in [0.2, 0.25) is 0 Å².